The Labute approximate surface area is 236 Å². The average Bonchev–Trinajstić information content (AvgIpc) is 3.31. The first-order valence-corrected chi connectivity index (χ1v) is 15.5. The molecule has 39 heavy (non-hydrogen) atoms. The van der Waals surface area contributed by atoms with Crippen molar-refractivity contribution in [2.45, 2.75) is 110 Å². The summed E-state index contributed by atoms with van der Waals surface area (Å²) in [5.41, 5.74) is 6.46. The van der Waals surface area contributed by atoms with E-state index in [0.29, 0.717) is 23.8 Å². The number of hydrogen-bond acceptors (Lipinski definition) is 2. The van der Waals surface area contributed by atoms with Crippen LogP contribution in [0.3, 0.4) is 0 Å². The number of carbonyl (C=O) groups excluding carboxylic acids is 1. The fourth-order valence-electron chi connectivity index (χ4n) is 8.05. The van der Waals surface area contributed by atoms with Crippen LogP contribution in [0.4, 0.5) is 0 Å². The molecule has 2 aromatic rings. The van der Waals surface area contributed by atoms with Gasteiger partial charge in [-0.1, -0.05) is 59.7 Å². The molecule has 1 amide bonds. The zero-order valence-corrected chi connectivity index (χ0v) is 25.2. The van der Waals surface area contributed by atoms with Crippen LogP contribution in [-0.2, 0) is 22.2 Å². The minimum atomic E-state index is 0.101. The lowest BCUT2D eigenvalue weighted by atomic mass is 9.67. The van der Waals surface area contributed by atoms with E-state index in [2.05, 4.69) is 98.5 Å². The van der Waals surface area contributed by atoms with E-state index >= 15 is 0 Å². The van der Waals surface area contributed by atoms with Gasteiger partial charge in [0.2, 0.25) is 5.91 Å². The van der Waals surface area contributed by atoms with Crippen molar-refractivity contribution in [2.24, 2.45) is 11.8 Å². The van der Waals surface area contributed by atoms with Gasteiger partial charge in [0.05, 0.1) is 0 Å². The number of carbonyl (C=O) groups is 1. The van der Waals surface area contributed by atoms with Gasteiger partial charge in [-0.05, 0) is 109 Å². The fraction of sp³-hybridized carbons (Fsp3) is 0.629. The Morgan fingerprint density at radius 3 is 2.31 bits per heavy atom. The van der Waals surface area contributed by atoms with Crippen LogP contribution < -0.4 is 0 Å². The lowest BCUT2D eigenvalue weighted by Gasteiger charge is -2.58. The summed E-state index contributed by atoms with van der Waals surface area (Å²) in [4.78, 5) is 19.0. The molecule has 0 spiro atoms. The molecule has 0 unspecified atom stereocenters. The molecular weight excluding hydrogens is 478 g/mol. The highest BCUT2D eigenvalue weighted by Crippen LogP contribution is 2.45. The molecule has 4 aliphatic rings. The molecule has 4 saturated heterocycles. The van der Waals surface area contributed by atoms with Crippen LogP contribution >= 0.6 is 0 Å². The Kier molecular flexibility index (Phi) is 6.85. The summed E-state index contributed by atoms with van der Waals surface area (Å²) >= 11 is 0. The van der Waals surface area contributed by atoms with Crippen LogP contribution in [0.25, 0.3) is 6.08 Å². The van der Waals surface area contributed by atoms with E-state index in [1.807, 2.05) is 0 Å². The summed E-state index contributed by atoms with van der Waals surface area (Å²) in [7, 11) is 0. The van der Waals surface area contributed by atoms with Crippen molar-refractivity contribution < 1.29 is 4.79 Å². The molecule has 4 aliphatic heterocycles. The molecule has 0 aliphatic carbocycles. The molecular formula is C35H49N3O. The quantitative estimate of drug-likeness (QED) is 0.402. The van der Waals surface area contributed by atoms with Gasteiger partial charge in [0.1, 0.15) is 0 Å². The van der Waals surface area contributed by atoms with Crippen molar-refractivity contribution in [1.82, 2.24) is 14.4 Å². The number of nitrogens with zero attached hydrogens (tertiary/aromatic N) is 3. The fourth-order valence-corrected chi connectivity index (χ4v) is 8.05. The Balaban J connectivity index is 1.25. The third-order valence-electron chi connectivity index (χ3n) is 10.2. The molecule has 6 rings (SSSR count). The van der Waals surface area contributed by atoms with Gasteiger partial charge in [0, 0.05) is 42.6 Å². The van der Waals surface area contributed by atoms with E-state index in [1.165, 1.54) is 55.5 Å². The van der Waals surface area contributed by atoms with Crippen molar-refractivity contribution in [3.8, 4) is 0 Å². The molecule has 5 heterocycles. The maximum Gasteiger partial charge on any atom is 0.250 e. The molecule has 4 fully saturated rings. The highest BCUT2D eigenvalue weighted by atomic mass is 16.2. The first-order valence-electron chi connectivity index (χ1n) is 15.5. The summed E-state index contributed by atoms with van der Waals surface area (Å²) in [5, 5.41) is 0. The third-order valence-corrected chi connectivity index (χ3v) is 10.2. The van der Waals surface area contributed by atoms with Gasteiger partial charge in [0.15, 0.2) is 0 Å². The number of fused-ring (bicyclic) bond motifs is 2. The summed E-state index contributed by atoms with van der Waals surface area (Å²) in [6.07, 6.45) is 11.6. The zero-order chi connectivity index (χ0) is 27.5. The lowest BCUT2D eigenvalue weighted by Crippen LogP contribution is -2.66. The van der Waals surface area contributed by atoms with Crippen molar-refractivity contribution in [2.75, 3.05) is 19.6 Å². The number of benzene rings is 1. The van der Waals surface area contributed by atoms with E-state index in [1.54, 1.807) is 0 Å². The van der Waals surface area contributed by atoms with Crippen molar-refractivity contribution in [1.29, 1.82) is 0 Å². The maximum absolute atomic E-state index is 13.9. The predicted molar refractivity (Wildman–Crippen MR) is 161 cm³/mol. The second kappa shape index (κ2) is 9.94. The number of aromatic nitrogens is 1. The number of amides is 1. The summed E-state index contributed by atoms with van der Waals surface area (Å²) in [6, 6.07) is 12.6. The predicted octanol–water partition coefficient (Wildman–Crippen LogP) is 7.01. The van der Waals surface area contributed by atoms with Crippen LogP contribution in [0.15, 0.2) is 42.1 Å². The van der Waals surface area contributed by atoms with Crippen LogP contribution in [0.5, 0.6) is 0 Å². The van der Waals surface area contributed by atoms with E-state index < -0.39 is 0 Å². The number of rotatable bonds is 3. The summed E-state index contributed by atoms with van der Waals surface area (Å²) in [5.74, 6) is 1.66. The third kappa shape index (κ3) is 5.14. The van der Waals surface area contributed by atoms with Crippen LogP contribution in [-0.4, -0.2) is 52.0 Å². The maximum atomic E-state index is 13.9. The minimum Gasteiger partial charge on any atom is -0.344 e. The van der Waals surface area contributed by atoms with Crippen molar-refractivity contribution in [3.05, 3.63) is 64.5 Å². The van der Waals surface area contributed by atoms with Gasteiger partial charge in [-0.15, -0.1) is 0 Å². The molecule has 4 heteroatoms. The van der Waals surface area contributed by atoms with Gasteiger partial charge in [0.25, 0.3) is 0 Å². The summed E-state index contributed by atoms with van der Waals surface area (Å²) < 4.78 is 2.33. The van der Waals surface area contributed by atoms with Gasteiger partial charge in [-0.25, -0.2) is 0 Å². The average molecular weight is 528 g/mol. The molecule has 1 aromatic heterocycles. The number of hydrogen-bond donors (Lipinski definition) is 0. The van der Waals surface area contributed by atoms with Crippen LogP contribution in [0.1, 0.15) is 102 Å². The first kappa shape index (κ1) is 26.9. The lowest BCUT2D eigenvalue weighted by molar-refractivity contribution is -0.145. The van der Waals surface area contributed by atoms with Gasteiger partial charge >= 0.3 is 0 Å². The molecule has 4 nitrogen and oxygen atoms in total. The number of piperidine rings is 4. The highest BCUT2D eigenvalue weighted by molar-refractivity contribution is 5.98. The molecule has 0 bridgehead atoms. The van der Waals surface area contributed by atoms with Gasteiger partial charge < -0.3 is 9.47 Å². The second-order valence-electron chi connectivity index (χ2n) is 14.9. The molecule has 1 aromatic carbocycles. The van der Waals surface area contributed by atoms with Gasteiger partial charge in [-0.2, -0.15) is 0 Å². The van der Waals surface area contributed by atoms with Crippen LogP contribution in [0.2, 0.25) is 0 Å². The SMILES string of the molecule is CC(C)(C)c1cc(Cn2cccc2/C=C2\CC[C@@H]3[C@H]4CCCN5CCC[C@@H](CN3C2=O)[C@@H]45)cc(C(C)(C)C)c1. The van der Waals surface area contributed by atoms with E-state index in [0.717, 1.165) is 43.2 Å². The smallest absolute Gasteiger partial charge is 0.250 e. The molecule has 210 valence electrons. The zero-order valence-electron chi connectivity index (χ0n) is 25.2. The Morgan fingerprint density at radius 1 is 0.923 bits per heavy atom. The summed E-state index contributed by atoms with van der Waals surface area (Å²) in [6.45, 7) is 18.1. The van der Waals surface area contributed by atoms with Crippen molar-refractivity contribution in [3.63, 3.8) is 0 Å². The molecule has 4 atom stereocenters. The Hall–Kier alpha value is -2.33. The molecule has 0 radical (unpaired) electrons. The van der Waals surface area contributed by atoms with E-state index in [-0.39, 0.29) is 10.8 Å². The van der Waals surface area contributed by atoms with E-state index in [9.17, 15) is 4.79 Å². The van der Waals surface area contributed by atoms with E-state index in [4.69, 9.17) is 0 Å². The largest absolute Gasteiger partial charge is 0.344 e. The normalized spacial score (nSPS) is 28.9. The Bertz CT molecular complexity index is 1220. The Morgan fingerprint density at radius 2 is 1.62 bits per heavy atom. The topological polar surface area (TPSA) is 28.5 Å². The molecule has 0 N–H and O–H groups in total. The monoisotopic (exact) mass is 527 g/mol. The molecule has 0 saturated carbocycles. The first-order chi connectivity index (χ1) is 18.5. The highest BCUT2D eigenvalue weighted by Gasteiger charge is 2.51. The van der Waals surface area contributed by atoms with Crippen LogP contribution in [0, 0.1) is 11.8 Å². The van der Waals surface area contributed by atoms with Gasteiger partial charge in [-0.3, -0.25) is 9.69 Å². The second-order valence-corrected chi connectivity index (χ2v) is 14.9. The minimum absolute atomic E-state index is 0.101. The van der Waals surface area contributed by atoms with Crippen molar-refractivity contribution >= 4 is 12.0 Å². The standard InChI is InChI=1S/C35H49N3O/c1-34(2,3)27-18-24(19-28(21-27)35(4,5)6)22-37-17-8-11-29(37)20-25-13-14-31-30-12-9-16-36-15-7-10-26(32(30)36)23-38(31)33(25)39/h8,11,17-21,26,30-32H,7,9-10,12-16,22-23H2,1-6H3/b25-20+/t26-,30+,31+,32-/m0/s1.